The average molecular weight is 442 g/mol. The molecule has 152 valence electrons. The van der Waals surface area contributed by atoms with Gasteiger partial charge in [0.1, 0.15) is 23.1 Å². The third-order valence-electron chi connectivity index (χ3n) is 4.11. The molecule has 0 spiro atoms. The quantitative estimate of drug-likeness (QED) is 0.298. The van der Waals surface area contributed by atoms with Crippen LogP contribution in [-0.4, -0.2) is 10.8 Å². The number of carbonyl (C=O) groups is 1. The predicted octanol–water partition coefficient (Wildman–Crippen LogP) is 7.16. The molecule has 0 saturated heterocycles. The minimum absolute atomic E-state index is 0. The van der Waals surface area contributed by atoms with E-state index in [0.717, 1.165) is 10.4 Å². The molecule has 4 rings (SSSR count). The molecule has 2 aromatic heterocycles. The van der Waals surface area contributed by atoms with Gasteiger partial charge in [0.05, 0.1) is 5.56 Å². The van der Waals surface area contributed by atoms with Crippen molar-refractivity contribution in [1.29, 1.82) is 0 Å². The molecule has 0 aliphatic heterocycles. The lowest BCUT2D eigenvalue weighted by Crippen LogP contribution is -1.93. The third-order valence-corrected chi connectivity index (χ3v) is 5.17. The van der Waals surface area contributed by atoms with Crippen LogP contribution in [0.3, 0.4) is 0 Å². The molecule has 0 fully saturated rings. The van der Waals surface area contributed by atoms with Crippen molar-refractivity contribution in [2.45, 2.75) is 6.92 Å². The van der Waals surface area contributed by atoms with E-state index in [1.165, 1.54) is 30.4 Å². The zero-order valence-electron chi connectivity index (χ0n) is 15.9. The summed E-state index contributed by atoms with van der Waals surface area (Å²) in [4.78, 5) is 17.0. The molecule has 4 aromatic rings. The number of ketones is 1. The predicted molar refractivity (Wildman–Crippen MR) is 118 cm³/mol. The molecule has 0 saturated carbocycles. The fourth-order valence-corrected chi connectivity index (χ4v) is 3.78. The van der Waals surface area contributed by atoms with Crippen LogP contribution < -0.4 is 9.47 Å². The molecular weight excluding hydrogens is 425 g/mol. The topological polar surface area (TPSA) is 48.4 Å². The van der Waals surface area contributed by atoms with Gasteiger partial charge >= 0.3 is 0 Å². The van der Waals surface area contributed by atoms with Gasteiger partial charge in [-0.1, -0.05) is 17.4 Å². The first-order valence-electron chi connectivity index (χ1n) is 8.85. The van der Waals surface area contributed by atoms with Gasteiger partial charge in [-0.15, -0.1) is 12.4 Å². The summed E-state index contributed by atoms with van der Waals surface area (Å²) >= 11 is 1.39. The molecule has 0 radical (unpaired) electrons. The molecule has 0 N–H and O–H groups in total. The molecule has 7 heteroatoms. The number of carbonyl (C=O) groups excluding carboxylic acids is 1. The van der Waals surface area contributed by atoms with Gasteiger partial charge in [-0.05, 0) is 67.1 Å². The van der Waals surface area contributed by atoms with Crippen LogP contribution in [0.1, 0.15) is 17.3 Å². The molecular formula is C23H17ClFNO3S. The summed E-state index contributed by atoms with van der Waals surface area (Å²) in [5, 5.41) is 0.517. The van der Waals surface area contributed by atoms with E-state index in [1.807, 2.05) is 18.2 Å². The number of nitrogens with zero attached hydrogens (tertiary/aromatic N) is 1. The second kappa shape index (κ2) is 9.52. The van der Waals surface area contributed by atoms with E-state index in [4.69, 9.17) is 9.47 Å². The Hall–Kier alpha value is -3.22. The fourth-order valence-electron chi connectivity index (χ4n) is 2.70. The van der Waals surface area contributed by atoms with E-state index in [-0.39, 0.29) is 24.0 Å². The van der Waals surface area contributed by atoms with E-state index >= 15 is 0 Å². The molecule has 4 nitrogen and oxygen atoms in total. The maximum absolute atomic E-state index is 13.1. The van der Waals surface area contributed by atoms with Crippen LogP contribution in [0.25, 0.3) is 10.4 Å². The number of benzene rings is 2. The Morgan fingerprint density at radius 3 is 2.23 bits per heavy atom. The minimum atomic E-state index is -0.325. The SMILES string of the molecule is CC(=O)c1cc(-c2ccncc2)sc1Oc1cccc(Oc2ccc(F)cc2)c1.Cl. The van der Waals surface area contributed by atoms with Crippen molar-refractivity contribution in [3.05, 3.63) is 90.5 Å². The molecule has 2 aromatic carbocycles. The molecule has 0 aliphatic rings. The summed E-state index contributed by atoms with van der Waals surface area (Å²) in [6.07, 6.45) is 3.42. The van der Waals surface area contributed by atoms with Crippen LogP contribution in [0, 0.1) is 5.82 Å². The maximum Gasteiger partial charge on any atom is 0.192 e. The molecule has 2 heterocycles. The zero-order chi connectivity index (χ0) is 20.2. The molecule has 0 atom stereocenters. The van der Waals surface area contributed by atoms with Crippen molar-refractivity contribution < 1.29 is 18.7 Å². The number of rotatable bonds is 6. The van der Waals surface area contributed by atoms with Crippen LogP contribution in [0.15, 0.2) is 79.1 Å². The van der Waals surface area contributed by atoms with Crippen LogP contribution >= 0.6 is 23.7 Å². The Labute approximate surface area is 183 Å². The molecule has 0 aliphatic carbocycles. The van der Waals surface area contributed by atoms with Gasteiger partial charge in [0.25, 0.3) is 0 Å². The number of hydrogen-bond donors (Lipinski definition) is 0. The first-order chi connectivity index (χ1) is 14.1. The van der Waals surface area contributed by atoms with E-state index in [1.54, 1.807) is 48.8 Å². The zero-order valence-corrected chi connectivity index (χ0v) is 17.5. The second-order valence-electron chi connectivity index (χ2n) is 6.24. The number of halogens is 2. The van der Waals surface area contributed by atoms with Crippen molar-refractivity contribution in [1.82, 2.24) is 4.98 Å². The van der Waals surface area contributed by atoms with Crippen molar-refractivity contribution in [3.8, 4) is 32.8 Å². The number of pyridine rings is 1. The van der Waals surface area contributed by atoms with Crippen molar-refractivity contribution >= 4 is 29.5 Å². The summed E-state index contributed by atoms with van der Waals surface area (Å²) in [5.74, 6) is 1.20. The van der Waals surface area contributed by atoms with Crippen LogP contribution in [0.4, 0.5) is 4.39 Å². The Morgan fingerprint density at radius 2 is 1.57 bits per heavy atom. The smallest absolute Gasteiger partial charge is 0.192 e. The second-order valence-corrected chi connectivity index (χ2v) is 7.25. The van der Waals surface area contributed by atoms with E-state index in [9.17, 15) is 9.18 Å². The van der Waals surface area contributed by atoms with Gasteiger partial charge in [-0.25, -0.2) is 4.39 Å². The summed E-state index contributed by atoms with van der Waals surface area (Å²) in [7, 11) is 0. The summed E-state index contributed by atoms with van der Waals surface area (Å²) in [5.41, 5.74) is 1.49. The molecule has 30 heavy (non-hydrogen) atoms. The number of hydrogen-bond acceptors (Lipinski definition) is 5. The first kappa shape index (κ1) is 21.5. The van der Waals surface area contributed by atoms with Gasteiger partial charge < -0.3 is 9.47 Å². The van der Waals surface area contributed by atoms with Crippen LogP contribution in [0.2, 0.25) is 0 Å². The van der Waals surface area contributed by atoms with Crippen molar-refractivity contribution in [2.75, 3.05) is 0 Å². The monoisotopic (exact) mass is 441 g/mol. The molecule has 0 bridgehead atoms. The fraction of sp³-hybridized carbons (Fsp3) is 0.0435. The number of ether oxygens (including phenoxy) is 2. The van der Waals surface area contributed by atoms with Crippen LogP contribution in [-0.2, 0) is 0 Å². The van der Waals surface area contributed by atoms with Gasteiger partial charge in [0.15, 0.2) is 10.8 Å². The largest absolute Gasteiger partial charge is 0.457 e. The maximum atomic E-state index is 13.1. The number of aromatic nitrogens is 1. The molecule has 0 amide bonds. The highest BCUT2D eigenvalue weighted by Crippen LogP contribution is 2.40. The Morgan fingerprint density at radius 1 is 0.900 bits per heavy atom. The number of thiophene rings is 1. The first-order valence-corrected chi connectivity index (χ1v) is 9.66. The lowest BCUT2D eigenvalue weighted by atomic mass is 10.1. The summed E-state index contributed by atoms with van der Waals surface area (Å²) in [6, 6.07) is 18.4. The lowest BCUT2D eigenvalue weighted by Gasteiger charge is -2.09. The summed E-state index contributed by atoms with van der Waals surface area (Å²) in [6.45, 7) is 1.51. The lowest BCUT2D eigenvalue weighted by molar-refractivity contribution is 0.101. The van der Waals surface area contributed by atoms with E-state index in [0.29, 0.717) is 27.9 Å². The molecule has 0 unspecified atom stereocenters. The normalized spacial score (nSPS) is 10.2. The minimum Gasteiger partial charge on any atom is -0.457 e. The summed E-state index contributed by atoms with van der Waals surface area (Å²) < 4.78 is 24.8. The van der Waals surface area contributed by atoms with Gasteiger partial charge in [-0.2, -0.15) is 0 Å². The Balaban J connectivity index is 0.00000256. The van der Waals surface area contributed by atoms with Gasteiger partial charge in [0.2, 0.25) is 0 Å². The van der Waals surface area contributed by atoms with Gasteiger partial charge in [-0.3, -0.25) is 9.78 Å². The Bertz CT molecular complexity index is 1150. The van der Waals surface area contributed by atoms with E-state index < -0.39 is 0 Å². The van der Waals surface area contributed by atoms with E-state index in [2.05, 4.69) is 4.98 Å². The van der Waals surface area contributed by atoms with Gasteiger partial charge in [0, 0.05) is 23.3 Å². The average Bonchev–Trinajstić information content (AvgIpc) is 3.15. The highest BCUT2D eigenvalue weighted by molar-refractivity contribution is 7.17. The highest BCUT2D eigenvalue weighted by atomic mass is 35.5. The highest BCUT2D eigenvalue weighted by Gasteiger charge is 2.16. The van der Waals surface area contributed by atoms with Crippen LogP contribution in [0.5, 0.6) is 22.3 Å². The van der Waals surface area contributed by atoms with Crippen molar-refractivity contribution in [2.24, 2.45) is 0 Å². The third kappa shape index (κ3) is 5.03. The number of Topliss-reactive ketones (excluding diaryl/α,β-unsaturated/α-hetero) is 1. The Kier molecular flexibility index (Phi) is 6.82. The standard InChI is InChI=1S/C23H16FNO3S.ClH/c1-15(26)21-14-22(16-9-11-25-12-10-16)29-23(21)28-20-4-2-3-19(13-20)27-18-7-5-17(24)6-8-18;/h2-14H,1H3;1H. The van der Waals surface area contributed by atoms with Crippen molar-refractivity contribution in [3.63, 3.8) is 0 Å².